The summed E-state index contributed by atoms with van der Waals surface area (Å²) in [6.07, 6.45) is 5.27. The highest BCUT2D eigenvalue weighted by Gasteiger charge is 2.22. The monoisotopic (exact) mass is 372 g/mol. The fraction of sp³-hybridized carbons (Fsp3) is 0.524. The second kappa shape index (κ2) is 9.98. The lowest BCUT2D eigenvalue weighted by atomic mass is 10.2. The Morgan fingerprint density at radius 1 is 1.48 bits per heavy atom. The first-order valence-electron chi connectivity index (χ1n) is 9.19. The number of carbonyl (C=O) groups excluding carboxylic acids is 1. The van der Waals surface area contributed by atoms with Crippen molar-refractivity contribution in [2.24, 2.45) is 7.05 Å². The molecule has 0 fully saturated rings. The van der Waals surface area contributed by atoms with Gasteiger partial charge in [0.05, 0.1) is 12.6 Å². The van der Waals surface area contributed by atoms with Crippen molar-refractivity contribution in [3.63, 3.8) is 0 Å². The number of hydrogen-bond acceptors (Lipinski definition) is 4. The van der Waals surface area contributed by atoms with E-state index in [1.807, 2.05) is 51.6 Å². The number of allylic oxidation sites excluding steroid dienone is 2. The maximum absolute atomic E-state index is 12.6. The molecule has 0 unspecified atom stereocenters. The number of nitrogens with zero attached hydrogens (tertiary/aromatic N) is 3. The SMILES string of the molecule is C=c1c(CN(CCNCC)C(=O)OC(C)(C)C)cn(C)/c1=C/C=C(\C)C#N. The Kier molecular flexibility index (Phi) is 8.32. The molecule has 0 aliphatic rings. The first-order chi connectivity index (χ1) is 12.6. The molecule has 1 aromatic heterocycles. The van der Waals surface area contributed by atoms with E-state index >= 15 is 0 Å². The van der Waals surface area contributed by atoms with E-state index in [2.05, 4.69) is 18.0 Å². The highest BCUT2D eigenvalue weighted by molar-refractivity contribution is 5.68. The van der Waals surface area contributed by atoms with Gasteiger partial charge in [-0.1, -0.05) is 13.5 Å². The largest absolute Gasteiger partial charge is 0.444 e. The fourth-order valence-corrected chi connectivity index (χ4v) is 2.51. The Morgan fingerprint density at radius 2 is 2.15 bits per heavy atom. The van der Waals surface area contributed by atoms with Crippen molar-refractivity contribution in [2.75, 3.05) is 19.6 Å². The summed E-state index contributed by atoms with van der Waals surface area (Å²) >= 11 is 0. The predicted molar refractivity (Wildman–Crippen MR) is 109 cm³/mol. The number of amides is 1. The number of nitriles is 1. The summed E-state index contributed by atoms with van der Waals surface area (Å²) in [4.78, 5) is 14.3. The van der Waals surface area contributed by atoms with Crippen molar-refractivity contribution < 1.29 is 9.53 Å². The minimum atomic E-state index is -0.546. The number of aromatic nitrogens is 1. The lowest BCUT2D eigenvalue weighted by Crippen LogP contribution is -2.41. The van der Waals surface area contributed by atoms with Gasteiger partial charge in [-0.15, -0.1) is 0 Å². The average molecular weight is 373 g/mol. The molecule has 0 aliphatic carbocycles. The molecule has 0 aliphatic heterocycles. The highest BCUT2D eigenvalue weighted by atomic mass is 16.6. The van der Waals surface area contributed by atoms with Crippen LogP contribution in [-0.4, -0.2) is 40.8 Å². The second-order valence-corrected chi connectivity index (χ2v) is 7.51. The molecule has 148 valence electrons. The molecule has 1 amide bonds. The van der Waals surface area contributed by atoms with Crippen molar-refractivity contribution in [1.29, 1.82) is 5.26 Å². The molecule has 6 heteroatoms. The van der Waals surface area contributed by atoms with Crippen LogP contribution in [0.25, 0.3) is 12.7 Å². The number of hydrogen-bond donors (Lipinski definition) is 1. The van der Waals surface area contributed by atoms with Crippen LogP contribution in [0.2, 0.25) is 0 Å². The van der Waals surface area contributed by atoms with E-state index in [-0.39, 0.29) is 6.09 Å². The van der Waals surface area contributed by atoms with E-state index in [0.29, 0.717) is 25.2 Å². The minimum absolute atomic E-state index is 0.339. The predicted octanol–water partition coefficient (Wildman–Crippen LogP) is 2.03. The maximum Gasteiger partial charge on any atom is 0.410 e. The first kappa shape index (κ1) is 22.5. The molecule has 0 spiro atoms. The number of aryl methyl sites for hydroxylation is 1. The van der Waals surface area contributed by atoms with Crippen LogP contribution in [0.15, 0.2) is 17.8 Å². The van der Waals surface area contributed by atoms with Crippen molar-refractivity contribution in [1.82, 2.24) is 14.8 Å². The lowest BCUT2D eigenvalue weighted by Gasteiger charge is -2.27. The van der Waals surface area contributed by atoms with E-state index < -0.39 is 5.60 Å². The minimum Gasteiger partial charge on any atom is -0.444 e. The topological polar surface area (TPSA) is 70.3 Å². The van der Waals surface area contributed by atoms with Gasteiger partial charge < -0.3 is 19.5 Å². The molecule has 0 aromatic carbocycles. The van der Waals surface area contributed by atoms with Gasteiger partial charge in [-0.05, 0) is 57.2 Å². The van der Waals surface area contributed by atoms with Crippen LogP contribution in [0.5, 0.6) is 0 Å². The first-order valence-corrected chi connectivity index (χ1v) is 9.19. The van der Waals surface area contributed by atoms with Gasteiger partial charge in [-0.25, -0.2) is 4.79 Å². The summed E-state index contributed by atoms with van der Waals surface area (Å²) in [5.41, 5.74) is 1.03. The molecular formula is C21H32N4O2. The zero-order chi connectivity index (χ0) is 20.6. The number of nitrogens with one attached hydrogen (secondary N) is 1. The quantitative estimate of drug-likeness (QED) is 0.587. The summed E-state index contributed by atoms with van der Waals surface area (Å²) in [6, 6.07) is 2.10. The third kappa shape index (κ3) is 7.32. The summed E-state index contributed by atoms with van der Waals surface area (Å²) in [5.74, 6) is 0. The Labute approximate surface area is 162 Å². The van der Waals surface area contributed by atoms with Gasteiger partial charge in [0, 0.05) is 37.3 Å². The number of rotatable bonds is 7. The Bertz CT molecular complexity index is 822. The smallest absolute Gasteiger partial charge is 0.410 e. The van der Waals surface area contributed by atoms with Crippen LogP contribution in [0.1, 0.15) is 40.2 Å². The fourth-order valence-electron chi connectivity index (χ4n) is 2.51. The molecular weight excluding hydrogens is 340 g/mol. The van der Waals surface area contributed by atoms with Gasteiger partial charge in [-0.2, -0.15) is 5.26 Å². The van der Waals surface area contributed by atoms with Crippen molar-refractivity contribution in [2.45, 2.75) is 46.8 Å². The second-order valence-electron chi connectivity index (χ2n) is 7.51. The molecule has 0 radical (unpaired) electrons. The maximum atomic E-state index is 12.6. The van der Waals surface area contributed by atoms with Crippen LogP contribution >= 0.6 is 0 Å². The Hall–Kier alpha value is -2.52. The molecule has 1 rings (SSSR count). The van der Waals surface area contributed by atoms with Gasteiger partial charge in [0.2, 0.25) is 0 Å². The van der Waals surface area contributed by atoms with Crippen LogP contribution in [0.3, 0.4) is 0 Å². The van der Waals surface area contributed by atoms with E-state index in [0.717, 1.165) is 22.7 Å². The molecule has 0 bridgehead atoms. The molecule has 1 heterocycles. The Balaban J connectivity index is 3.13. The van der Waals surface area contributed by atoms with E-state index in [1.54, 1.807) is 17.9 Å². The van der Waals surface area contributed by atoms with Gasteiger partial charge in [-0.3, -0.25) is 0 Å². The van der Waals surface area contributed by atoms with Gasteiger partial charge in [0.25, 0.3) is 0 Å². The summed E-state index contributed by atoms with van der Waals surface area (Å²) < 4.78 is 7.51. The molecule has 6 nitrogen and oxygen atoms in total. The molecule has 1 N–H and O–H groups in total. The molecule has 0 atom stereocenters. The average Bonchev–Trinajstić information content (AvgIpc) is 2.83. The number of likely N-dealkylation sites (N-methyl/N-ethyl adjacent to an activating group) is 1. The van der Waals surface area contributed by atoms with Crippen molar-refractivity contribution in [3.05, 3.63) is 34.0 Å². The molecule has 0 saturated heterocycles. The van der Waals surface area contributed by atoms with Gasteiger partial charge in [0.1, 0.15) is 5.60 Å². The zero-order valence-corrected chi connectivity index (χ0v) is 17.4. The van der Waals surface area contributed by atoms with Crippen LogP contribution in [-0.2, 0) is 18.3 Å². The Morgan fingerprint density at radius 3 is 2.70 bits per heavy atom. The normalized spacial score (nSPS) is 12.8. The zero-order valence-electron chi connectivity index (χ0n) is 17.4. The van der Waals surface area contributed by atoms with E-state index in [1.165, 1.54) is 0 Å². The van der Waals surface area contributed by atoms with Gasteiger partial charge in [0.15, 0.2) is 0 Å². The van der Waals surface area contributed by atoms with Crippen LogP contribution in [0, 0.1) is 11.3 Å². The summed E-state index contributed by atoms with van der Waals surface area (Å²) in [6.45, 7) is 16.0. The van der Waals surface area contributed by atoms with Crippen LogP contribution in [0.4, 0.5) is 4.79 Å². The van der Waals surface area contributed by atoms with E-state index in [9.17, 15) is 4.79 Å². The molecule has 27 heavy (non-hydrogen) atoms. The molecule has 1 aromatic rings. The highest BCUT2D eigenvalue weighted by Crippen LogP contribution is 2.11. The van der Waals surface area contributed by atoms with Crippen molar-refractivity contribution >= 4 is 18.7 Å². The van der Waals surface area contributed by atoms with Gasteiger partial charge >= 0.3 is 6.09 Å². The van der Waals surface area contributed by atoms with Crippen molar-refractivity contribution in [3.8, 4) is 6.07 Å². The summed E-state index contributed by atoms with van der Waals surface area (Å²) in [5, 5.41) is 13.9. The van der Waals surface area contributed by atoms with Crippen LogP contribution < -0.4 is 15.9 Å². The lowest BCUT2D eigenvalue weighted by molar-refractivity contribution is 0.0235. The third-order valence-electron chi connectivity index (χ3n) is 3.92. The summed E-state index contributed by atoms with van der Waals surface area (Å²) in [7, 11) is 1.93. The standard InChI is InChI=1S/C21H32N4O2/c1-8-23-11-12-25(20(26)27-21(4,5)6)15-18-14-24(7)19(17(18)3)10-9-16(2)13-22/h9-10,14,23H,3,8,11-12,15H2,1-2,4-7H3/b16-9+,19-10+. The molecule has 0 saturated carbocycles. The van der Waals surface area contributed by atoms with E-state index in [4.69, 9.17) is 10.00 Å². The number of carbonyl (C=O) groups is 1. The number of ether oxygens (including phenoxy) is 1. The third-order valence-corrected chi connectivity index (χ3v) is 3.92.